The van der Waals surface area contributed by atoms with E-state index in [9.17, 15) is 4.79 Å². The van der Waals surface area contributed by atoms with Gasteiger partial charge in [-0.2, -0.15) is 0 Å². The van der Waals surface area contributed by atoms with Gasteiger partial charge < -0.3 is 10.2 Å². The number of carbonyl (C=O) groups is 1. The first-order valence-corrected chi connectivity index (χ1v) is 12.7. The Labute approximate surface area is 219 Å². The number of nitrogens with zero attached hydrogens (tertiary/aromatic N) is 4. The number of rotatable bonds is 7. The van der Waals surface area contributed by atoms with Crippen LogP contribution in [0.25, 0.3) is 17.2 Å². The number of aromatic nitrogens is 2. The number of hydrogen-bond acceptors (Lipinski definition) is 5. The highest BCUT2D eigenvalue weighted by Gasteiger charge is 2.30. The molecule has 4 rings (SSSR count). The van der Waals surface area contributed by atoms with Crippen LogP contribution in [-0.4, -0.2) is 72.6 Å². The number of likely N-dealkylation sites (tertiary alicyclic amines) is 1. The van der Waals surface area contributed by atoms with Crippen molar-refractivity contribution in [2.24, 2.45) is 0 Å². The molecule has 2 atom stereocenters. The van der Waals surface area contributed by atoms with Crippen molar-refractivity contribution in [3.8, 4) is 11.1 Å². The van der Waals surface area contributed by atoms with Crippen LogP contribution in [0.3, 0.4) is 0 Å². The Morgan fingerprint density at radius 1 is 1.16 bits per heavy atom. The minimum absolute atomic E-state index is 0.0429. The van der Waals surface area contributed by atoms with E-state index in [0.29, 0.717) is 18.7 Å². The van der Waals surface area contributed by atoms with Gasteiger partial charge in [0, 0.05) is 74.9 Å². The second-order valence-electron chi connectivity index (χ2n) is 10.00. The van der Waals surface area contributed by atoms with Gasteiger partial charge in [0.25, 0.3) is 5.91 Å². The minimum atomic E-state index is -0.954. The number of carbonyl (C=O) groups excluding carboxylic acids is 1. The second-order valence-corrected chi connectivity index (χ2v) is 10.00. The van der Waals surface area contributed by atoms with Crippen LogP contribution >= 0.6 is 0 Å². The number of alkyl halides is 1. The first-order chi connectivity index (χ1) is 17.8. The Balaban J connectivity index is 1.44. The molecule has 194 valence electrons. The van der Waals surface area contributed by atoms with E-state index < -0.39 is 6.17 Å². The van der Waals surface area contributed by atoms with Gasteiger partial charge in [0.15, 0.2) is 0 Å². The van der Waals surface area contributed by atoms with E-state index in [1.165, 1.54) is 0 Å². The van der Waals surface area contributed by atoms with Gasteiger partial charge >= 0.3 is 0 Å². The van der Waals surface area contributed by atoms with Crippen molar-refractivity contribution in [1.29, 1.82) is 0 Å². The molecule has 0 aliphatic carbocycles. The number of pyridine rings is 2. The molecule has 1 aromatic carbocycles. The Kier molecular flexibility index (Phi) is 8.34. The third-order valence-electron chi connectivity index (χ3n) is 7.00. The largest absolute Gasteiger partial charge is 0.373 e. The van der Waals surface area contributed by atoms with E-state index in [1.807, 2.05) is 50.6 Å². The second kappa shape index (κ2) is 11.6. The predicted molar refractivity (Wildman–Crippen MR) is 149 cm³/mol. The molecule has 0 bridgehead atoms. The summed E-state index contributed by atoms with van der Waals surface area (Å²) in [6, 6.07) is 13.5. The quantitative estimate of drug-likeness (QED) is 0.468. The van der Waals surface area contributed by atoms with Crippen LogP contribution in [0.15, 0.2) is 60.4 Å². The molecule has 2 unspecified atom stereocenters. The lowest BCUT2D eigenvalue weighted by Crippen LogP contribution is -2.41. The van der Waals surface area contributed by atoms with Crippen LogP contribution in [0, 0.1) is 6.92 Å². The maximum atomic E-state index is 15.3. The SMILES string of the molecule is CNc1ccc(-c2ccnc(C)c2/C=C(\C)CN2CCC(c3ccc(C(=O)N(C)C)cc3)C(F)C2)cn1. The van der Waals surface area contributed by atoms with Gasteiger partial charge in [0.1, 0.15) is 12.0 Å². The highest BCUT2D eigenvalue weighted by atomic mass is 19.1. The molecule has 0 spiro atoms. The van der Waals surface area contributed by atoms with Gasteiger partial charge in [-0.3, -0.25) is 14.7 Å². The Morgan fingerprint density at radius 2 is 1.92 bits per heavy atom. The van der Waals surface area contributed by atoms with Crippen LogP contribution < -0.4 is 5.32 Å². The third kappa shape index (κ3) is 6.23. The number of piperidine rings is 1. The molecule has 7 heteroatoms. The van der Waals surface area contributed by atoms with E-state index in [4.69, 9.17) is 0 Å². The van der Waals surface area contributed by atoms with Crippen LogP contribution in [0.1, 0.15) is 46.4 Å². The molecule has 6 nitrogen and oxygen atoms in total. The van der Waals surface area contributed by atoms with Crippen molar-refractivity contribution in [2.75, 3.05) is 46.1 Å². The standard InChI is InChI=1S/C30H36FN5O/c1-20(16-27-21(2)33-14-12-25(27)24-10-11-29(32-3)34-17-24)18-36-15-13-26(28(31)19-36)22-6-8-23(9-7-22)30(37)35(4)5/h6-12,14,16-17,26,28H,13,15,18-19H2,1-5H3,(H,32,34)/b20-16+. The van der Waals surface area contributed by atoms with Crippen molar-refractivity contribution >= 4 is 17.8 Å². The molecule has 2 aromatic heterocycles. The van der Waals surface area contributed by atoms with E-state index >= 15 is 4.39 Å². The molecule has 1 amide bonds. The van der Waals surface area contributed by atoms with Gasteiger partial charge in [-0.05, 0) is 68.3 Å². The van der Waals surface area contributed by atoms with Crippen molar-refractivity contribution in [1.82, 2.24) is 19.8 Å². The monoisotopic (exact) mass is 501 g/mol. The lowest BCUT2D eigenvalue weighted by Gasteiger charge is -2.35. The van der Waals surface area contributed by atoms with Crippen molar-refractivity contribution in [3.05, 3.63) is 82.8 Å². The maximum absolute atomic E-state index is 15.3. The summed E-state index contributed by atoms with van der Waals surface area (Å²) < 4.78 is 15.3. The molecule has 1 aliphatic rings. The minimum Gasteiger partial charge on any atom is -0.373 e. The van der Waals surface area contributed by atoms with E-state index in [0.717, 1.165) is 52.3 Å². The fourth-order valence-corrected chi connectivity index (χ4v) is 4.98. The number of anilines is 1. The molecule has 0 radical (unpaired) electrons. The van der Waals surface area contributed by atoms with Gasteiger partial charge in [-0.15, -0.1) is 0 Å². The Morgan fingerprint density at radius 3 is 2.54 bits per heavy atom. The number of nitrogens with one attached hydrogen (secondary N) is 1. The fourth-order valence-electron chi connectivity index (χ4n) is 4.98. The van der Waals surface area contributed by atoms with Gasteiger partial charge in [0.05, 0.1) is 0 Å². The Hall–Kier alpha value is -3.58. The average molecular weight is 502 g/mol. The Bertz CT molecular complexity index is 1250. The zero-order valence-corrected chi connectivity index (χ0v) is 22.3. The number of aryl methyl sites for hydroxylation is 1. The third-order valence-corrected chi connectivity index (χ3v) is 7.00. The first-order valence-electron chi connectivity index (χ1n) is 12.7. The fraction of sp³-hybridized carbons (Fsp3) is 0.367. The van der Waals surface area contributed by atoms with Gasteiger partial charge in [0.2, 0.25) is 0 Å². The van der Waals surface area contributed by atoms with Crippen molar-refractivity contribution in [2.45, 2.75) is 32.4 Å². The lowest BCUT2D eigenvalue weighted by molar-refractivity contribution is 0.0827. The van der Waals surface area contributed by atoms with E-state index in [-0.39, 0.29) is 11.8 Å². The predicted octanol–water partition coefficient (Wildman–Crippen LogP) is 5.43. The summed E-state index contributed by atoms with van der Waals surface area (Å²) in [6.07, 6.45) is 5.66. The van der Waals surface area contributed by atoms with Crippen molar-refractivity contribution < 1.29 is 9.18 Å². The molecule has 0 saturated carbocycles. The molecule has 1 aliphatic heterocycles. The van der Waals surface area contributed by atoms with E-state index in [2.05, 4.69) is 39.3 Å². The summed E-state index contributed by atoms with van der Waals surface area (Å²) >= 11 is 0. The number of hydrogen-bond donors (Lipinski definition) is 1. The zero-order chi connectivity index (χ0) is 26.5. The number of benzene rings is 1. The highest BCUT2D eigenvalue weighted by Crippen LogP contribution is 2.32. The summed E-state index contributed by atoms with van der Waals surface area (Å²) in [7, 11) is 5.31. The zero-order valence-electron chi connectivity index (χ0n) is 22.3. The van der Waals surface area contributed by atoms with Crippen LogP contribution in [0.2, 0.25) is 0 Å². The molecule has 37 heavy (non-hydrogen) atoms. The molecule has 3 aromatic rings. The summed E-state index contributed by atoms with van der Waals surface area (Å²) in [5.74, 6) is 0.632. The molecule has 1 saturated heterocycles. The maximum Gasteiger partial charge on any atom is 0.253 e. The highest BCUT2D eigenvalue weighted by molar-refractivity contribution is 5.93. The number of amides is 1. The molecule has 1 fully saturated rings. The van der Waals surface area contributed by atoms with Gasteiger partial charge in [-0.1, -0.05) is 23.8 Å². The number of halogens is 1. The first kappa shape index (κ1) is 26.5. The van der Waals surface area contributed by atoms with E-state index in [1.54, 1.807) is 31.1 Å². The summed E-state index contributed by atoms with van der Waals surface area (Å²) in [5, 5.41) is 3.05. The topological polar surface area (TPSA) is 61.4 Å². The lowest BCUT2D eigenvalue weighted by atomic mass is 9.87. The van der Waals surface area contributed by atoms with Crippen LogP contribution in [0.5, 0.6) is 0 Å². The summed E-state index contributed by atoms with van der Waals surface area (Å²) in [5.41, 5.74) is 6.89. The molecule has 3 heterocycles. The molecular weight excluding hydrogens is 465 g/mol. The summed E-state index contributed by atoms with van der Waals surface area (Å²) in [6.45, 7) is 6.02. The van der Waals surface area contributed by atoms with Crippen molar-refractivity contribution in [3.63, 3.8) is 0 Å². The van der Waals surface area contributed by atoms with Gasteiger partial charge in [-0.25, -0.2) is 9.37 Å². The molecular formula is C30H36FN5O. The van der Waals surface area contributed by atoms with Crippen LogP contribution in [0.4, 0.5) is 10.2 Å². The smallest absolute Gasteiger partial charge is 0.253 e. The van der Waals surface area contributed by atoms with Crippen LogP contribution in [-0.2, 0) is 0 Å². The average Bonchev–Trinajstić information content (AvgIpc) is 2.89. The summed E-state index contributed by atoms with van der Waals surface area (Å²) in [4.78, 5) is 24.9. The normalized spacial score (nSPS) is 18.5. The molecule has 1 N–H and O–H groups in total.